The van der Waals surface area contributed by atoms with Crippen LogP contribution in [0, 0.1) is 5.92 Å². The number of amides is 1. The number of carbonyl (C=O) groups is 1. The first-order chi connectivity index (χ1) is 15.6. The number of nitrogens with zero attached hydrogens (tertiary/aromatic N) is 2. The van der Waals surface area contributed by atoms with Crippen LogP contribution in [0.5, 0.6) is 5.75 Å². The third-order valence-corrected chi connectivity index (χ3v) is 6.36. The van der Waals surface area contributed by atoms with Crippen LogP contribution in [0.4, 0.5) is 0 Å². The van der Waals surface area contributed by atoms with Crippen molar-refractivity contribution in [1.29, 1.82) is 0 Å². The number of aliphatic hydroxyl groups excluding tert-OH is 1. The van der Waals surface area contributed by atoms with Crippen molar-refractivity contribution in [3.05, 3.63) is 78.4 Å². The summed E-state index contributed by atoms with van der Waals surface area (Å²) in [5, 5.41) is 12.7. The highest BCUT2D eigenvalue weighted by atomic mass is 16.5. The molecule has 0 aliphatic carbocycles. The van der Waals surface area contributed by atoms with Crippen LogP contribution in [0.1, 0.15) is 24.5 Å². The Labute approximate surface area is 190 Å². The van der Waals surface area contributed by atoms with Crippen LogP contribution in [0.3, 0.4) is 0 Å². The minimum Gasteiger partial charge on any atom is -0.484 e. The lowest BCUT2D eigenvalue weighted by atomic mass is 9.95. The number of benzene rings is 3. The third-order valence-electron chi connectivity index (χ3n) is 6.36. The highest BCUT2D eigenvalue weighted by Gasteiger charge is 2.23. The van der Waals surface area contributed by atoms with Gasteiger partial charge in [0, 0.05) is 20.1 Å². The Morgan fingerprint density at radius 1 is 1.03 bits per heavy atom. The van der Waals surface area contributed by atoms with E-state index in [1.54, 1.807) is 4.90 Å². The summed E-state index contributed by atoms with van der Waals surface area (Å²) >= 11 is 0. The Morgan fingerprint density at radius 2 is 1.72 bits per heavy atom. The molecule has 0 radical (unpaired) electrons. The second kappa shape index (κ2) is 10.6. The summed E-state index contributed by atoms with van der Waals surface area (Å²) in [6.45, 7) is 3.35. The number of aliphatic hydroxyl groups is 1. The molecule has 1 atom stereocenters. The van der Waals surface area contributed by atoms with Crippen molar-refractivity contribution < 1.29 is 14.6 Å². The number of β-amino-alcohol motifs (C(OH)–C–C–N with tert-alkyl or cyclic N) is 1. The van der Waals surface area contributed by atoms with E-state index in [0.29, 0.717) is 12.5 Å². The fourth-order valence-electron chi connectivity index (χ4n) is 4.38. The van der Waals surface area contributed by atoms with Gasteiger partial charge in [0.2, 0.25) is 0 Å². The lowest BCUT2D eigenvalue weighted by molar-refractivity contribution is -0.132. The van der Waals surface area contributed by atoms with Crippen molar-refractivity contribution in [2.24, 2.45) is 5.92 Å². The minimum absolute atomic E-state index is 0.0000815. The zero-order chi connectivity index (χ0) is 22.3. The average Bonchev–Trinajstić information content (AvgIpc) is 2.84. The minimum atomic E-state index is -0.454. The Kier molecular flexibility index (Phi) is 7.40. The first kappa shape index (κ1) is 22.3. The third kappa shape index (κ3) is 5.87. The molecular weight excluding hydrogens is 400 g/mol. The predicted octanol–water partition coefficient (Wildman–Crippen LogP) is 4.12. The van der Waals surface area contributed by atoms with E-state index in [1.165, 1.54) is 0 Å². The van der Waals surface area contributed by atoms with Crippen LogP contribution in [0.25, 0.3) is 10.8 Å². The Bertz CT molecular complexity index is 1020. The Hall–Kier alpha value is -2.89. The summed E-state index contributed by atoms with van der Waals surface area (Å²) in [6, 6.07) is 23.8. The number of hydrogen-bond acceptors (Lipinski definition) is 4. The van der Waals surface area contributed by atoms with Gasteiger partial charge in [-0.15, -0.1) is 0 Å². The monoisotopic (exact) mass is 432 g/mol. The molecule has 5 heteroatoms. The zero-order valence-electron chi connectivity index (χ0n) is 18.7. The summed E-state index contributed by atoms with van der Waals surface area (Å²) in [4.78, 5) is 16.7. The van der Waals surface area contributed by atoms with Crippen molar-refractivity contribution in [2.45, 2.75) is 18.9 Å². The summed E-state index contributed by atoms with van der Waals surface area (Å²) in [6.07, 6.45) is 1.61. The predicted molar refractivity (Wildman–Crippen MR) is 128 cm³/mol. The second-order valence-electron chi connectivity index (χ2n) is 8.74. The van der Waals surface area contributed by atoms with Gasteiger partial charge in [-0.1, -0.05) is 60.7 Å². The molecule has 1 amide bonds. The summed E-state index contributed by atoms with van der Waals surface area (Å²) in [5.74, 6) is 1.20. The van der Waals surface area contributed by atoms with E-state index < -0.39 is 6.10 Å². The van der Waals surface area contributed by atoms with Gasteiger partial charge in [-0.2, -0.15) is 0 Å². The van der Waals surface area contributed by atoms with E-state index in [9.17, 15) is 9.90 Å². The van der Waals surface area contributed by atoms with Crippen molar-refractivity contribution in [3.63, 3.8) is 0 Å². The molecule has 1 saturated heterocycles. The zero-order valence-corrected chi connectivity index (χ0v) is 18.7. The molecule has 1 aliphatic rings. The van der Waals surface area contributed by atoms with Crippen molar-refractivity contribution >= 4 is 16.7 Å². The maximum atomic E-state index is 12.6. The molecule has 1 heterocycles. The molecule has 5 nitrogen and oxygen atoms in total. The van der Waals surface area contributed by atoms with E-state index >= 15 is 0 Å². The van der Waals surface area contributed by atoms with Crippen molar-refractivity contribution in [2.75, 3.05) is 39.8 Å². The largest absolute Gasteiger partial charge is 0.484 e. The molecule has 168 valence electrons. The SMILES string of the molecule is CN(CC1CCN(C[C@H](O)c2ccccc2)CC1)C(=O)COc1ccc2ccccc2c1. The standard InChI is InChI=1S/C27H32N2O3/c1-28(27(31)20-32-25-12-11-22-7-5-6-10-24(22)17-25)18-21-13-15-29(16-14-21)19-26(30)23-8-3-2-4-9-23/h2-12,17,21,26,30H,13-16,18-20H2,1H3/t26-/m0/s1. The average molecular weight is 433 g/mol. The van der Waals surface area contributed by atoms with Gasteiger partial charge < -0.3 is 19.6 Å². The molecule has 32 heavy (non-hydrogen) atoms. The van der Waals surface area contributed by atoms with Gasteiger partial charge in [0.15, 0.2) is 6.61 Å². The van der Waals surface area contributed by atoms with Crippen LogP contribution < -0.4 is 4.74 Å². The van der Waals surface area contributed by atoms with Crippen LogP contribution >= 0.6 is 0 Å². The quantitative estimate of drug-likeness (QED) is 0.582. The summed E-state index contributed by atoms with van der Waals surface area (Å²) in [7, 11) is 1.86. The normalized spacial score (nSPS) is 16.1. The van der Waals surface area contributed by atoms with Crippen LogP contribution in [0.15, 0.2) is 72.8 Å². The van der Waals surface area contributed by atoms with E-state index in [2.05, 4.69) is 11.0 Å². The van der Waals surface area contributed by atoms with Crippen molar-refractivity contribution in [3.8, 4) is 5.75 Å². The van der Waals surface area contributed by atoms with Gasteiger partial charge in [-0.3, -0.25) is 4.79 Å². The second-order valence-corrected chi connectivity index (χ2v) is 8.74. The number of likely N-dealkylation sites (N-methyl/N-ethyl adjacent to an activating group) is 1. The van der Waals surface area contributed by atoms with E-state index in [0.717, 1.165) is 54.6 Å². The lowest BCUT2D eigenvalue weighted by Gasteiger charge is -2.34. The van der Waals surface area contributed by atoms with Gasteiger partial charge in [0.1, 0.15) is 5.75 Å². The highest BCUT2D eigenvalue weighted by molar-refractivity contribution is 5.84. The molecule has 0 bridgehead atoms. The molecule has 3 aromatic rings. The molecule has 1 N–H and O–H groups in total. The lowest BCUT2D eigenvalue weighted by Crippen LogP contribution is -2.41. The number of hydrogen-bond donors (Lipinski definition) is 1. The smallest absolute Gasteiger partial charge is 0.260 e. The molecule has 1 aliphatic heterocycles. The van der Waals surface area contributed by atoms with Crippen LogP contribution in [-0.4, -0.2) is 60.6 Å². The Morgan fingerprint density at radius 3 is 2.47 bits per heavy atom. The van der Waals surface area contributed by atoms with Gasteiger partial charge >= 0.3 is 0 Å². The Balaban J connectivity index is 1.19. The number of likely N-dealkylation sites (tertiary alicyclic amines) is 1. The van der Waals surface area contributed by atoms with Gasteiger partial charge in [-0.25, -0.2) is 0 Å². The summed E-state index contributed by atoms with van der Waals surface area (Å²) in [5.41, 5.74) is 0.964. The molecule has 1 fully saturated rings. The maximum absolute atomic E-state index is 12.6. The van der Waals surface area contributed by atoms with E-state index in [4.69, 9.17) is 4.74 Å². The molecule has 0 saturated carbocycles. The number of rotatable bonds is 8. The van der Waals surface area contributed by atoms with Crippen molar-refractivity contribution in [1.82, 2.24) is 9.80 Å². The van der Waals surface area contributed by atoms with Gasteiger partial charge in [0.05, 0.1) is 6.10 Å². The maximum Gasteiger partial charge on any atom is 0.260 e. The fourth-order valence-corrected chi connectivity index (χ4v) is 4.38. The fraction of sp³-hybridized carbons (Fsp3) is 0.370. The molecular formula is C27H32N2O3. The van der Waals surface area contributed by atoms with E-state index in [-0.39, 0.29) is 12.5 Å². The van der Waals surface area contributed by atoms with Gasteiger partial charge in [-0.05, 0) is 60.3 Å². The molecule has 3 aromatic carbocycles. The molecule has 0 aromatic heterocycles. The number of ether oxygens (including phenoxy) is 1. The first-order valence-electron chi connectivity index (χ1n) is 11.4. The summed E-state index contributed by atoms with van der Waals surface area (Å²) < 4.78 is 5.76. The van der Waals surface area contributed by atoms with E-state index in [1.807, 2.05) is 73.8 Å². The van der Waals surface area contributed by atoms with Gasteiger partial charge in [0.25, 0.3) is 5.91 Å². The number of piperidine rings is 1. The van der Waals surface area contributed by atoms with Crippen LogP contribution in [-0.2, 0) is 4.79 Å². The number of fused-ring (bicyclic) bond motifs is 1. The number of carbonyl (C=O) groups excluding carboxylic acids is 1. The molecule has 4 rings (SSSR count). The first-order valence-corrected chi connectivity index (χ1v) is 11.4. The topological polar surface area (TPSA) is 53.0 Å². The van der Waals surface area contributed by atoms with Crippen LogP contribution in [0.2, 0.25) is 0 Å². The highest BCUT2D eigenvalue weighted by Crippen LogP contribution is 2.22. The molecule has 0 unspecified atom stereocenters. The molecule has 0 spiro atoms.